The molecule has 0 saturated heterocycles. The topological polar surface area (TPSA) is 6.48 Å². The molecule has 0 aliphatic heterocycles. The fraction of sp³-hybridized carbons (Fsp3) is 0.242. The fourth-order valence-corrected chi connectivity index (χ4v) is 11.7. The van der Waals surface area contributed by atoms with Gasteiger partial charge < -0.3 is 9.80 Å². The third-order valence-corrected chi connectivity index (χ3v) is 15.5. The summed E-state index contributed by atoms with van der Waals surface area (Å²) in [5, 5.41) is 2.50. The van der Waals surface area contributed by atoms with Crippen LogP contribution in [0.4, 0.5) is 34.1 Å². The molecule has 336 valence electrons. The third kappa shape index (κ3) is 8.97. The Balaban J connectivity index is 0.750. The molecule has 0 saturated carbocycles. The van der Waals surface area contributed by atoms with Gasteiger partial charge in [0.15, 0.2) is 0 Å². The first kappa shape index (κ1) is 42.5. The van der Waals surface area contributed by atoms with E-state index in [1.165, 1.54) is 214 Å². The summed E-state index contributed by atoms with van der Waals surface area (Å²) >= 11 is 0. The first-order valence-corrected chi connectivity index (χ1v) is 25.8. The van der Waals surface area contributed by atoms with Gasteiger partial charge in [-0.2, -0.15) is 0 Å². The quantitative estimate of drug-likeness (QED) is 0.126. The van der Waals surface area contributed by atoms with Crippen LogP contribution in [0.1, 0.15) is 118 Å². The van der Waals surface area contributed by atoms with Crippen LogP contribution in [0, 0.1) is 0 Å². The molecule has 8 aromatic carbocycles. The van der Waals surface area contributed by atoms with Crippen molar-refractivity contribution in [1.29, 1.82) is 0 Å². The standard InChI is InChI=1S/C66H62N2/c1-5-13-55-43-63(37-29-51(55)9-1)67(64-38-30-52-10-2-6-14-56(52)44-64)61-33-23-47(24-34-61)17-19-49-21-27-60-42-50(22-28-59(60)41-49)20-18-48-25-35-62(36-26-48)68(65-39-31-53-11-3-7-15-57(53)45-65)66-40-32-54-12-4-8-16-58(54)46-66/h17-46H,1-16H2. The number of nitrogens with zero attached hydrogens (tertiary/aromatic N) is 2. The lowest BCUT2D eigenvalue weighted by Gasteiger charge is -2.29. The third-order valence-electron chi connectivity index (χ3n) is 15.5. The molecule has 8 aromatic rings. The van der Waals surface area contributed by atoms with E-state index in [1.54, 1.807) is 0 Å². The summed E-state index contributed by atoms with van der Waals surface area (Å²) in [5.74, 6) is 0. The van der Waals surface area contributed by atoms with Crippen LogP contribution in [-0.2, 0) is 51.4 Å². The zero-order valence-corrected chi connectivity index (χ0v) is 39.5. The Bertz CT molecular complexity index is 2850. The number of anilines is 6. The van der Waals surface area contributed by atoms with Crippen molar-refractivity contribution in [2.75, 3.05) is 9.80 Å². The molecule has 12 rings (SSSR count). The van der Waals surface area contributed by atoms with Gasteiger partial charge >= 0.3 is 0 Å². The highest BCUT2D eigenvalue weighted by atomic mass is 15.1. The molecule has 0 N–H and O–H groups in total. The maximum absolute atomic E-state index is 2.47. The van der Waals surface area contributed by atoms with Gasteiger partial charge in [-0.25, -0.2) is 0 Å². The maximum Gasteiger partial charge on any atom is 0.0464 e. The van der Waals surface area contributed by atoms with E-state index in [9.17, 15) is 0 Å². The largest absolute Gasteiger partial charge is 0.310 e. The molecule has 0 unspecified atom stereocenters. The minimum absolute atomic E-state index is 1.18. The molecule has 2 nitrogen and oxygen atoms in total. The van der Waals surface area contributed by atoms with Crippen LogP contribution < -0.4 is 9.80 Å². The Morgan fingerprint density at radius 1 is 0.221 bits per heavy atom. The summed E-state index contributed by atoms with van der Waals surface area (Å²) in [6.45, 7) is 0. The van der Waals surface area contributed by atoms with Gasteiger partial charge in [-0.05, 0) is 265 Å². The highest BCUT2D eigenvalue weighted by molar-refractivity contribution is 5.89. The van der Waals surface area contributed by atoms with Crippen LogP contribution in [0.25, 0.3) is 35.1 Å². The Morgan fingerprint density at radius 3 is 0.779 bits per heavy atom. The molecule has 0 fully saturated rings. The van der Waals surface area contributed by atoms with Crippen molar-refractivity contribution in [2.24, 2.45) is 0 Å². The Morgan fingerprint density at radius 2 is 0.471 bits per heavy atom. The monoisotopic (exact) mass is 882 g/mol. The van der Waals surface area contributed by atoms with Crippen LogP contribution in [0.3, 0.4) is 0 Å². The van der Waals surface area contributed by atoms with Crippen molar-refractivity contribution >= 4 is 69.2 Å². The summed E-state index contributed by atoms with van der Waals surface area (Å²) in [6, 6.07) is 60.6. The molecule has 0 amide bonds. The zero-order chi connectivity index (χ0) is 45.2. The van der Waals surface area contributed by atoms with Gasteiger partial charge in [-0.1, -0.05) is 97.1 Å². The first-order valence-electron chi connectivity index (χ1n) is 25.8. The van der Waals surface area contributed by atoms with E-state index < -0.39 is 0 Å². The Kier molecular flexibility index (Phi) is 11.9. The van der Waals surface area contributed by atoms with Crippen molar-refractivity contribution in [3.05, 3.63) is 224 Å². The van der Waals surface area contributed by atoms with Crippen molar-refractivity contribution in [1.82, 2.24) is 0 Å². The second kappa shape index (κ2) is 19.0. The predicted octanol–water partition coefficient (Wildman–Crippen LogP) is 17.6. The highest BCUT2D eigenvalue weighted by Crippen LogP contribution is 2.41. The van der Waals surface area contributed by atoms with E-state index in [2.05, 4.69) is 192 Å². The van der Waals surface area contributed by atoms with E-state index in [0.29, 0.717) is 0 Å². The summed E-state index contributed by atoms with van der Waals surface area (Å²) in [6.07, 6.45) is 28.9. The molecular weight excluding hydrogens is 821 g/mol. The van der Waals surface area contributed by atoms with Crippen molar-refractivity contribution in [3.63, 3.8) is 0 Å². The number of benzene rings is 8. The lowest BCUT2D eigenvalue weighted by atomic mass is 9.90. The fourth-order valence-electron chi connectivity index (χ4n) is 11.7. The molecule has 0 heterocycles. The summed E-state index contributed by atoms with van der Waals surface area (Å²) < 4.78 is 0. The van der Waals surface area contributed by atoms with Crippen molar-refractivity contribution in [3.8, 4) is 0 Å². The van der Waals surface area contributed by atoms with Crippen LogP contribution in [0.5, 0.6) is 0 Å². The predicted molar refractivity (Wildman–Crippen MR) is 291 cm³/mol. The molecule has 0 radical (unpaired) electrons. The van der Waals surface area contributed by atoms with E-state index in [0.717, 1.165) is 0 Å². The first-order chi connectivity index (χ1) is 33.6. The smallest absolute Gasteiger partial charge is 0.0464 e. The molecule has 4 aliphatic rings. The second-order valence-corrected chi connectivity index (χ2v) is 20.0. The van der Waals surface area contributed by atoms with E-state index in [-0.39, 0.29) is 0 Å². The van der Waals surface area contributed by atoms with E-state index >= 15 is 0 Å². The summed E-state index contributed by atoms with van der Waals surface area (Å²) in [7, 11) is 0. The van der Waals surface area contributed by atoms with Gasteiger partial charge in [-0.3, -0.25) is 0 Å². The normalized spacial score (nSPS) is 15.5. The van der Waals surface area contributed by atoms with Gasteiger partial charge in [0.05, 0.1) is 0 Å². The lowest BCUT2D eigenvalue weighted by Crippen LogP contribution is -2.13. The van der Waals surface area contributed by atoms with Crippen LogP contribution >= 0.6 is 0 Å². The van der Waals surface area contributed by atoms with Crippen LogP contribution in [0.2, 0.25) is 0 Å². The van der Waals surface area contributed by atoms with Gasteiger partial charge in [-0.15, -0.1) is 0 Å². The minimum atomic E-state index is 1.18. The lowest BCUT2D eigenvalue weighted by molar-refractivity contribution is 0.685. The molecule has 68 heavy (non-hydrogen) atoms. The molecule has 0 atom stereocenters. The van der Waals surface area contributed by atoms with Gasteiger partial charge in [0.2, 0.25) is 0 Å². The van der Waals surface area contributed by atoms with Gasteiger partial charge in [0.25, 0.3) is 0 Å². The molecule has 4 aliphatic carbocycles. The molecule has 2 heteroatoms. The van der Waals surface area contributed by atoms with E-state index in [4.69, 9.17) is 0 Å². The number of hydrogen-bond acceptors (Lipinski definition) is 2. The molecular formula is C66H62N2. The highest BCUT2D eigenvalue weighted by Gasteiger charge is 2.21. The van der Waals surface area contributed by atoms with Crippen LogP contribution in [-0.4, -0.2) is 0 Å². The number of rotatable bonds is 10. The molecule has 0 spiro atoms. The zero-order valence-electron chi connectivity index (χ0n) is 39.5. The van der Waals surface area contributed by atoms with Gasteiger partial charge in [0, 0.05) is 34.1 Å². The van der Waals surface area contributed by atoms with Gasteiger partial charge in [0.1, 0.15) is 0 Å². The number of fused-ring (bicyclic) bond motifs is 5. The summed E-state index contributed by atoms with van der Waals surface area (Å²) in [4.78, 5) is 4.95. The van der Waals surface area contributed by atoms with Crippen LogP contribution in [0.15, 0.2) is 158 Å². The molecule has 0 bridgehead atoms. The van der Waals surface area contributed by atoms with Crippen molar-refractivity contribution < 1.29 is 0 Å². The summed E-state index contributed by atoms with van der Waals surface area (Å²) in [5.41, 5.74) is 24.4. The second-order valence-electron chi connectivity index (χ2n) is 20.0. The SMILES string of the molecule is C(=Cc1ccc2cc(C=Cc3ccc(N(c4ccc5c(c4)CCCC5)c4ccc5c(c4)CCCC5)cc3)ccc2c1)c1ccc(N(c2ccc3c(c2)CCCC3)c2ccc3c(c2)CCCC3)cc1. The maximum atomic E-state index is 2.47. The minimum Gasteiger partial charge on any atom is -0.310 e. The average Bonchev–Trinajstić information content (AvgIpc) is 3.40. The average molecular weight is 883 g/mol. The Hall–Kier alpha value is -6.90. The van der Waals surface area contributed by atoms with Crippen molar-refractivity contribution in [2.45, 2.75) is 103 Å². The number of aryl methyl sites for hydroxylation is 8. The number of hydrogen-bond donors (Lipinski definition) is 0. The molecule has 0 aromatic heterocycles. The van der Waals surface area contributed by atoms with E-state index in [1.807, 2.05) is 0 Å². The Labute approximate surface area is 404 Å².